The fraction of sp³-hybridized carbons (Fsp3) is 1.00. The Kier molecular flexibility index (Phi) is 5.76. The first kappa shape index (κ1) is 12.1. The van der Waals surface area contributed by atoms with E-state index in [2.05, 4.69) is 4.52 Å². The van der Waals surface area contributed by atoms with E-state index in [9.17, 15) is 4.57 Å². The molecule has 0 heterocycles. The summed E-state index contributed by atoms with van der Waals surface area (Å²) in [6, 6.07) is 0. The molecule has 0 spiro atoms. The van der Waals surface area contributed by atoms with Crippen molar-refractivity contribution in [3.8, 4) is 0 Å². The van der Waals surface area contributed by atoms with Crippen LogP contribution in [0.5, 0.6) is 0 Å². The van der Waals surface area contributed by atoms with Crippen LogP contribution in [0.25, 0.3) is 0 Å². The van der Waals surface area contributed by atoms with E-state index in [0.717, 1.165) is 19.3 Å². The Hall–Kier alpha value is 0.110. The molecule has 74 valence electrons. The average molecular weight is 196 g/mol. The molecule has 1 unspecified atom stereocenters. The van der Waals surface area contributed by atoms with E-state index in [0.29, 0.717) is 6.42 Å². The molecule has 0 aromatic carbocycles. The second kappa shape index (κ2) is 5.70. The van der Waals surface area contributed by atoms with Crippen molar-refractivity contribution in [2.45, 2.75) is 45.6 Å². The minimum atomic E-state index is -4.28. The largest absolute Gasteiger partial charge is 0.469 e. The third kappa shape index (κ3) is 6.80. The van der Waals surface area contributed by atoms with Crippen LogP contribution in [0.3, 0.4) is 0 Å². The van der Waals surface area contributed by atoms with Crippen molar-refractivity contribution in [2.75, 3.05) is 0 Å². The van der Waals surface area contributed by atoms with Crippen LogP contribution in [0.4, 0.5) is 0 Å². The molecule has 0 aliphatic heterocycles. The van der Waals surface area contributed by atoms with Crippen LogP contribution in [0, 0.1) is 0 Å². The van der Waals surface area contributed by atoms with Crippen LogP contribution < -0.4 is 0 Å². The number of rotatable bonds is 6. The van der Waals surface area contributed by atoms with Gasteiger partial charge < -0.3 is 9.79 Å². The van der Waals surface area contributed by atoms with Crippen molar-refractivity contribution >= 4 is 7.82 Å². The molecule has 0 fully saturated rings. The van der Waals surface area contributed by atoms with Gasteiger partial charge in [-0.2, -0.15) is 0 Å². The lowest BCUT2D eigenvalue weighted by Crippen LogP contribution is -2.09. The van der Waals surface area contributed by atoms with Gasteiger partial charge in [-0.05, 0) is 12.8 Å². The first-order chi connectivity index (χ1) is 5.49. The van der Waals surface area contributed by atoms with Gasteiger partial charge in [-0.3, -0.25) is 4.52 Å². The second-order valence-electron chi connectivity index (χ2n) is 2.77. The van der Waals surface area contributed by atoms with E-state index in [4.69, 9.17) is 9.79 Å². The summed E-state index contributed by atoms with van der Waals surface area (Å²) in [5.41, 5.74) is 0. The Morgan fingerprint density at radius 1 is 1.42 bits per heavy atom. The molecular weight excluding hydrogens is 179 g/mol. The lowest BCUT2D eigenvalue weighted by Gasteiger charge is -2.15. The van der Waals surface area contributed by atoms with Crippen molar-refractivity contribution in [1.29, 1.82) is 0 Å². The molecule has 2 N–H and O–H groups in total. The maximum Gasteiger partial charge on any atom is 0.469 e. The maximum atomic E-state index is 10.4. The van der Waals surface area contributed by atoms with Gasteiger partial charge in [-0.25, -0.2) is 4.57 Å². The lowest BCUT2D eigenvalue weighted by atomic mass is 10.1. The molecule has 0 rings (SSSR count). The lowest BCUT2D eigenvalue weighted by molar-refractivity contribution is 0.122. The van der Waals surface area contributed by atoms with Gasteiger partial charge in [0.1, 0.15) is 0 Å². The molecule has 1 atom stereocenters. The maximum absolute atomic E-state index is 10.4. The number of hydrogen-bond acceptors (Lipinski definition) is 2. The third-order valence-electron chi connectivity index (χ3n) is 1.62. The summed E-state index contributed by atoms with van der Waals surface area (Å²) in [5, 5.41) is 0. The summed E-state index contributed by atoms with van der Waals surface area (Å²) in [7, 11) is -4.28. The summed E-state index contributed by atoms with van der Waals surface area (Å²) < 4.78 is 15.0. The highest BCUT2D eigenvalue weighted by molar-refractivity contribution is 7.46. The zero-order valence-corrected chi connectivity index (χ0v) is 8.46. The molecule has 0 amide bonds. The molecular formula is C7H17O4P. The normalized spacial score (nSPS) is 14.7. The highest BCUT2D eigenvalue weighted by atomic mass is 31.2. The second-order valence-corrected chi connectivity index (χ2v) is 3.96. The third-order valence-corrected chi connectivity index (χ3v) is 2.19. The summed E-state index contributed by atoms with van der Waals surface area (Å²) in [6.45, 7) is 3.89. The first-order valence-corrected chi connectivity index (χ1v) is 5.76. The Morgan fingerprint density at radius 3 is 2.33 bits per heavy atom. The topological polar surface area (TPSA) is 66.8 Å². The van der Waals surface area contributed by atoms with E-state index in [1.54, 1.807) is 0 Å². The molecule has 0 aromatic rings. The molecule has 0 aliphatic rings. The standard InChI is InChI=1S/C7H17O4P/c1-3-5-6-7(4-2)11-12(8,9)10/h7H,3-6H2,1-2H3,(H2,8,9,10). The van der Waals surface area contributed by atoms with Crippen LogP contribution in [0.15, 0.2) is 0 Å². The molecule has 0 aliphatic carbocycles. The van der Waals surface area contributed by atoms with Crippen molar-refractivity contribution in [1.82, 2.24) is 0 Å². The number of hydrogen-bond donors (Lipinski definition) is 2. The zero-order chi connectivity index (χ0) is 9.61. The van der Waals surface area contributed by atoms with Crippen LogP contribution in [0.2, 0.25) is 0 Å². The van der Waals surface area contributed by atoms with Gasteiger partial charge in [-0.1, -0.05) is 26.7 Å². The van der Waals surface area contributed by atoms with Crippen LogP contribution in [-0.4, -0.2) is 15.9 Å². The van der Waals surface area contributed by atoms with E-state index in [-0.39, 0.29) is 6.10 Å². The summed E-state index contributed by atoms with van der Waals surface area (Å²) in [6.07, 6.45) is 3.02. The van der Waals surface area contributed by atoms with Gasteiger partial charge in [0.15, 0.2) is 0 Å². The quantitative estimate of drug-likeness (QED) is 0.638. The van der Waals surface area contributed by atoms with Gasteiger partial charge in [0.2, 0.25) is 0 Å². The molecule has 0 radical (unpaired) electrons. The SMILES string of the molecule is CCCCC(CC)OP(=O)(O)O. The predicted octanol–water partition coefficient (Wildman–Crippen LogP) is 2.06. The number of phosphoric acid groups is 1. The van der Waals surface area contributed by atoms with Crippen molar-refractivity contribution in [3.63, 3.8) is 0 Å². The highest BCUT2D eigenvalue weighted by Gasteiger charge is 2.19. The minimum absolute atomic E-state index is 0.300. The van der Waals surface area contributed by atoms with Crippen LogP contribution >= 0.6 is 7.82 Å². The van der Waals surface area contributed by atoms with Gasteiger partial charge in [0, 0.05) is 0 Å². The number of phosphoric ester groups is 1. The van der Waals surface area contributed by atoms with Crippen molar-refractivity contribution < 1.29 is 18.9 Å². The van der Waals surface area contributed by atoms with E-state index in [1.807, 2.05) is 13.8 Å². The molecule has 0 saturated heterocycles. The first-order valence-electron chi connectivity index (χ1n) is 4.23. The summed E-state index contributed by atoms with van der Waals surface area (Å²) in [5.74, 6) is 0. The zero-order valence-electron chi connectivity index (χ0n) is 7.56. The molecule has 0 saturated carbocycles. The van der Waals surface area contributed by atoms with E-state index in [1.165, 1.54) is 0 Å². The fourth-order valence-corrected chi connectivity index (χ4v) is 1.60. The van der Waals surface area contributed by atoms with Crippen LogP contribution in [-0.2, 0) is 9.09 Å². The molecule has 0 bridgehead atoms. The van der Waals surface area contributed by atoms with Gasteiger partial charge in [-0.15, -0.1) is 0 Å². The van der Waals surface area contributed by atoms with Gasteiger partial charge in [0.25, 0.3) is 0 Å². The number of unbranched alkanes of at least 4 members (excludes halogenated alkanes) is 1. The van der Waals surface area contributed by atoms with Crippen molar-refractivity contribution in [3.05, 3.63) is 0 Å². The Balaban J connectivity index is 3.75. The van der Waals surface area contributed by atoms with Gasteiger partial charge in [0.05, 0.1) is 6.10 Å². The molecule has 5 heteroatoms. The van der Waals surface area contributed by atoms with Crippen molar-refractivity contribution in [2.24, 2.45) is 0 Å². The summed E-state index contributed by atoms with van der Waals surface area (Å²) in [4.78, 5) is 17.0. The monoisotopic (exact) mass is 196 g/mol. The Morgan fingerprint density at radius 2 is 2.00 bits per heavy atom. The molecule has 0 aromatic heterocycles. The Labute approximate surface area is 73.2 Å². The van der Waals surface area contributed by atoms with E-state index >= 15 is 0 Å². The summed E-state index contributed by atoms with van der Waals surface area (Å²) >= 11 is 0. The Bertz CT molecular complexity index is 153. The average Bonchev–Trinajstić information content (AvgIpc) is 1.95. The van der Waals surface area contributed by atoms with Crippen LogP contribution in [0.1, 0.15) is 39.5 Å². The fourth-order valence-electron chi connectivity index (χ4n) is 0.957. The molecule has 4 nitrogen and oxygen atoms in total. The minimum Gasteiger partial charge on any atom is -0.303 e. The highest BCUT2D eigenvalue weighted by Crippen LogP contribution is 2.39. The van der Waals surface area contributed by atoms with Gasteiger partial charge >= 0.3 is 7.82 Å². The molecule has 12 heavy (non-hydrogen) atoms. The smallest absolute Gasteiger partial charge is 0.303 e. The predicted molar refractivity (Wildman–Crippen MR) is 46.7 cm³/mol. The van der Waals surface area contributed by atoms with E-state index < -0.39 is 7.82 Å².